The van der Waals surface area contributed by atoms with E-state index in [9.17, 15) is 13.4 Å². The van der Waals surface area contributed by atoms with Crippen molar-refractivity contribution in [2.45, 2.75) is 25.9 Å². The molecule has 4 rings (SSSR count). The number of benzene rings is 2. The molecule has 1 N–H and O–H groups in total. The number of carbonyl (C=O) groups is 1. The molecule has 2 aromatic carbocycles. The first-order valence-corrected chi connectivity index (χ1v) is 11.8. The van der Waals surface area contributed by atoms with Crippen molar-refractivity contribution in [2.24, 2.45) is 4.36 Å². The summed E-state index contributed by atoms with van der Waals surface area (Å²) in [5, 5.41) is 10.1. The van der Waals surface area contributed by atoms with Crippen LogP contribution in [-0.2, 0) is 20.9 Å². The van der Waals surface area contributed by atoms with Crippen molar-refractivity contribution >= 4 is 43.9 Å². The molecule has 1 atom stereocenters. The van der Waals surface area contributed by atoms with Gasteiger partial charge in [0.05, 0.1) is 31.6 Å². The van der Waals surface area contributed by atoms with Crippen molar-refractivity contribution in [1.82, 2.24) is 9.97 Å². The average Bonchev–Trinajstić information content (AvgIpc) is 2.68. The van der Waals surface area contributed by atoms with Gasteiger partial charge >= 0.3 is 5.97 Å². The summed E-state index contributed by atoms with van der Waals surface area (Å²) >= 11 is 6.51. The Morgan fingerprint density at radius 2 is 2.10 bits per heavy atom. The number of rotatable bonds is 6. The average molecular weight is 464 g/mol. The Bertz CT molecular complexity index is 1300. The zero-order valence-electron chi connectivity index (χ0n) is 16.5. The van der Waals surface area contributed by atoms with Crippen LogP contribution in [0, 0.1) is 5.82 Å². The van der Waals surface area contributed by atoms with Crippen LogP contribution < -0.4 is 4.74 Å². The number of hydrogen-bond acceptors (Lipinski definition) is 6. The second-order valence-corrected chi connectivity index (χ2v) is 10.2. The first-order valence-electron chi connectivity index (χ1n) is 9.58. The topological polar surface area (TPSA) is 102 Å². The second kappa shape index (κ2) is 8.39. The number of carboxylic acids is 1. The number of fused-ring (bicyclic) bond motifs is 1. The quantitative estimate of drug-likeness (QED) is 0.582. The Hall–Kier alpha value is -2.78. The van der Waals surface area contributed by atoms with Gasteiger partial charge in [0, 0.05) is 34.9 Å². The van der Waals surface area contributed by atoms with Gasteiger partial charge in [-0.2, -0.15) is 4.36 Å². The molecule has 0 aliphatic carbocycles. The summed E-state index contributed by atoms with van der Waals surface area (Å²) < 4.78 is 36.0. The highest BCUT2D eigenvalue weighted by Gasteiger charge is 2.21. The Kier molecular flexibility index (Phi) is 5.81. The molecule has 1 saturated heterocycles. The number of hydrogen-bond donors (Lipinski definition) is 1. The van der Waals surface area contributed by atoms with E-state index in [-0.39, 0.29) is 12.2 Å². The number of carboxylic acid groups (broad SMARTS) is 1. The Labute approximate surface area is 183 Å². The van der Waals surface area contributed by atoms with Gasteiger partial charge in [0.1, 0.15) is 17.9 Å². The van der Waals surface area contributed by atoms with E-state index in [4.69, 9.17) is 21.4 Å². The van der Waals surface area contributed by atoms with Crippen LogP contribution in [0.4, 0.5) is 10.1 Å². The molecule has 0 amide bonds. The maximum atomic E-state index is 13.8. The number of aliphatic carboxylic acids is 1. The van der Waals surface area contributed by atoms with E-state index in [1.165, 1.54) is 25.4 Å². The van der Waals surface area contributed by atoms with Gasteiger partial charge in [0.25, 0.3) is 0 Å². The molecule has 10 heteroatoms. The first kappa shape index (κ1) is 21.5. The smallest absolute Gasteiger partial charge is 0.344 e. The molecule has 0 bridgehead atoms. The monoisotopic (exact) mass is 463 g/mol. The highest BCUT2D eigenvalue weighted by Crippen LogP contribution is 2.33. The van der Waals surface area contributed by atoms with E-state index in [0.717, 1.165) is 12.5 Å². The molecule has 2 heterocycles. The molecule has 1 aliphatic heterocycles. The minimum atomic E-state index is -2.19. The third-order valence-corrected chi connectivity index (χ3v) is 7.68. The lowest BCUT2D eigenvalue weighted by Gasteiger charge is -2.18. The molecule has 7 nitrogen and oxygen atoms in total. The van der Waals surface area contributed by atoms with Crippen LogP contribution in [0.2, 0.25) is 5.02 Å². The molecule has 0 radical (unpaired) electrons. The summed E-state index contributed by atoms with van der Waals surface area (Å²) in [4.78, 5) is 19.7. The van der Waals surface area contributed by atoms with Crippen molar-refractivity contribution in [3.63, 3.8) is 0 Å². The van der Waals surface area contributed by atoms with Crippen LogP contribution in [0.15, 0.2) is 41.0 Å². The summed E-state index contributed by atoms with van der Waals surface area (Å²) in [7, 11) is -2.19. The van der Waals surface area contributed by atoms with Crippen molar-refractivity contribution in [1.29, 1.82) is 0 Å². The minimum absolute atomic E-state index is 0.117. The van der Waals surface area contributed by atoms with Gasteiger partial charge in [0.15, 0.2) is 6.10 Å². The summed E-state index contributed by atoms with van der Waals surface area (Å²) in [5.74, 6) is -0.421. The molecular formula is C21H19ClFN3O4S. The van der Waals surface area contributed by atoms with Crippen LogP contribution in [-0.4, -0.2) is 42.9 Å². The number of ether oxygens (including phenoxy) is 1. The predicted molar refractivity (Wildman–Crippen MR) is 116 cm³/mol. The van der Waals surface area contributed by atoms with Crippen molar-refractivity contribution in [2.75, 3.05) is 11.5 Å². The van der Waals surface area contributed by atoms with Crippen molar-refractivity contribution < 1.29 is 23.2 Å². The third kappa shape index (κ3) is 4.62. The molecule has 0 spiro atoms. The Morgan fingerprint density at radius 1 is 1.32 bits per heavy atom. The normalized spacial score (nSPS) is 15.8. The lowest BCUT2D eigenvalue weighted by molar-refractivity contribution is -0.144. The van der Waals surface area contributed by atoms with Crippen molar-refractivity contribution in [3.8, 4) is 5.75 Å². The fourth-order valence-corrected chi connectivity index (χ4v) is 5.03. The maximum Gasteiger partial charge on any atom is 0.344 e. The zero-order chi connectivity index (χ0) is 22.2. The molecule has 0 unspecified atom stereocenters. The number of halogens is 2. The van der Waals surface area contributed by atoms with E-state index in [2.05, 4.69) is 14.3 Å². The minimum Gasteiger partial charge on any atom is -0.479 e. The van der Waals surface area contributed by atoms with E-state index >= 15 is 0 Å². The molecule has 31 heavy (non-hydrogen) atoms. The Morgan fingerprint density at radius 3 is 2.77 bits per heavy atom. The highest BCUT2D eigenvalue weighted by atomic mass is 35.5. The summed E-state index contributed by atoms with van der Waals surface area (Å²) in [5.41, 5.74) is 2.17. The molecule has 3 aromatic rings. The van der Waals surface area contributed by atoms with Gasteiger partial charge < -0.3 is 9.84 Å². The van der Waals surface area contributed by atoms with Gasteiger partial charge in [-0.25, -0.2) is 23.4 Å². The lowest BCUT2D eigenvalue weighted by atomic mass is 10.0. The maximum absolute atomic E-state index is 13.8. The first-order chi connectivity index (χ1) is 14.7. The molecule has 162 valence electrons. The number of nitrogens with zero attached hydrogens (tertiary/aromatic N) is 3. The fourth-order valence-electron chi connectivity index (χ4n) is 3.26. The molecular weight excluding hydrogens is 445 g/mol. The highest BCUT2D eigenvalue weighted by molar-refractivity contribution is 7.95. The summed E-state index contributed by atoms with van der Waals surface area (Å²) in [6, 6.07) is 7.28. The lowest BCUT2D eigenvalue weighted by Crippen LogP contribution is -2.23. The van der Waals surface area contributed by atoms with Crippen LogP contribution >= 0.6 is 11.6 Å². The van der Waals surface area contributed by atoms with Crippen LogP contribution in [0.25, 0.3) is 10.9 Å². The van der Waals surface area contributed by atoms with E-state index < -0.39 is 27.6 Å². The summed E-state index contributed by atoms with van der Waals surface area (Å²) in [6.07, 6.45) is 1.35. The predicted octanol–water partition coefficient (Wildman–Crippen LogP) is 4.37. The van der Waals surface area contributed by atoms with E-state index in [0.29, 0.717) is 44.4 Å². The van der Waals surface area contributed by atoms with E-state index in [1.54, 1.807) is 12.1 Å². The van der Waals surface area contributed by atoms with Gasteiger partial charge in [0.2, 0.25) is 0 Å². The SMILES string of the molecule is C[C@@H](Oc1cc(F)ccc1Cc1ncnc2cc(N=S3(=O)CCC3)cc(Cl)c12)C(=O)O. The fraction of sp³-hybridized carbons (Fsp3) is 0.286. The molecule has 1 fully saturated rings. The van der Waals surface area contributed by atoms with Crippen LogP contribution in [0.5, 0.6) is 5.75 Å². The largest absolute Gasteiger partial charge is 0.479 e. The molecule has 1 aliphatic rings. The third-order valence-electron chi connectivity index (χ3n) is 4.99. The van der Waals surface area contributed by atoms with Gasteiger partial charge in [-0.3, -0.25) is 0 Å². The van der Waals surface area contributed by atoms with E-state index in [1.807, 2.05) is 0 Å². The van der Waals surface area contributed by atoms with Gasteiger partial charge in [-0.15, -0.1) is 0 Å². The molecule has 1 aromatic heterocycles. The van der Waals surface area contributed by atoms with Crippen molar-refractivity contribution in [3.05, 3.63) is 58.8 Å². The molecule has 0 saturated carbocycles. The van der Waals surface area contributed by atoms with Gasteiger partial charge in [-0.1, -0.05) is 17.7 Å². The standard InChI is InChI=1S/C21H19ClFN3O4S/c1-12(21(27)28)30-19-8-14(23)4-3-13(19)7-17-20-16(22)9-15(10-18(20)25-11-24-17)26-31(29)5-2-6-31/h3-4,8-12H,2,5-7H2,1H3,(H,27,28)/t12-/m1/s1. The second-order valence-electron chi connectivity index (χ2n) is 7.29. The van der Waals surface area contributed by atoms with Crippen LogP contribution in [0.1, 0.15) is 24.6 Å². The zero-order valence-corrected chi connectivity index (χ0v) is 18.1. The Balaban J connectivity index is 1.74. The van der Waals surface area contributed by atoms with Crippen LogP contribution in [0.3, 0.4) is 0 Å². The summed E-state index contributed by atoms with van der Waals surface area (Å²) in [6.45, 7) is 1.37. The van der Waals surface area contributed by atoms with Gasteiger partial charge in [-0.05, 0) is 31.5 Å². The number of aromatic nitrogens is 2.